The van der Waals surface area contributed by atoms with E-state index in [0.29, 0.717) is 28.7 Å². The first-order valence-electron chi connectivity index (χ1n) is 13.4. The van der Waals surface area contributed by atoms with Crippen LogP contribution in [0.4, 0.5) is 24.1 Å². The van der Waals surface area contributed by atoms with Gasteiger partial charge in [0.15, 0.2) is 5.78 Å². The Balaban J connectivity index is 1.44. The summed E-state index contributed by atoms with van der Waals surface area (Å²) in [6.45, 7) is 1.97. The largest absolute Gasteiger partial charge is 0.351 e. The number of likely N-dealkylation sites (N-methyl/N-ethyl adjacent to an activating group) is 2. The zero-order chi connectivity index (χ0) is 29.8. The third-order valence-electron chi connectivity index (χ3n) is 7.26. The molecule has 0 radical (unpaired) electrons. The molecule has 3 N–H and O–H groups in total. The molecule has 1 aliphatic heterocycles. The Labute approximate surface area is 242 Å². The van der Waals surface area contributed by atoms with Gasteiger partial charge in [-0.1, -0.05) is 35.9 Å². The summed E-state index contributed by atoms with van der Waals surface area (Å²) in [5, 5.41) is 3.24. The molecule has 9 nitrogen and oxygen atoms in total. The molecular weight excluding hydrogens is 554 g/mol. The number of fused-ring (bicyclic) bond motifs is 1. The summed E-state index contributed by atoms with van der Waals surface area (Å²) in [7, 11) is 5.93. The smallest absolute Gasteiger partial charge is 0.323 e. The number of rotatable bonds is 10. The van der Waals surface area contributed by atoms with Gasteiger partial charge >= 0.3 is 12.1 Å². The Morgan fingerprint density at radius 2 is 1.88 bits per heavy atom. The predicted octanol–water partition coefficient (Wildman–Crippen LogP) is 4.50. The molecule has 0 unspecified atom stereocenters. The maximum absolute atomic E-state index is 14.9. The lowest BCUT2D eigenvalue weighted by atomic mass is 9.99. The predicted molar refractivity (Wildman–Crippen MR) is 156 cm³/mol. The molecule has 0 bridgehead atoms. The Morgan fingerprint density at radius 3 is 2.59 bits per heavy atom. The minimum atomic E-state index is -1.38. The normalized spacial score (nSPS) is 17.1. The van der Waals surface area contributed by atoms with Gasteiger partial charge in [0.2, 0.25) is 0 Å². The molecule has 4 rings (SSSR count). The number of likely N-dealkylation sites (tertiary alicyclic amines) is 1. The van der Waals surface area contributed by atoms with Crippen LogP contribution in [0.15, 0.2) is 42.6 Å². The summed E-state index contributed by atoms with van der Waals surface area (Å²) in [5.74, 6) is -0.960. The number of ketones is 1. The first kappa shape index (κ1) is 30.4. The molecule has 1 aliphatic rings. The van der Waals surface area contributed by atoms with E-state index in [-0.39, 0.29) is 36.6 Å². The number of primary amides is 1. The van der Waals surface area contributed by atoms with Crippen molar-refractivity contribution in [2.45, 2.75) is 38.0 Å². The van der Waals surface area contributed by atoms with E-state index < -0.39 is 30.1 Å². The average molecular weight is 589 g/mol. The lowest BCUT2D eigenvalue weighted by Crippen LogP contribution is -2.43. The average Bonchev–Trinajstić information content (AvgIpc) is 3.49. The fraction of sp³-hybridized carbons (Fsp3) is 0.414. The van der Waals surface area contributed by atoms with Gasteiger partial charge in [-0.15, -0.1) is 0 Å². The minimum absolute atomic E-state index is 0.0215. The van der Waals surface area contributed by atoms with Crippen molar-refractivity contribution in [2.24, 2.45) is 5.73 Å². The van der Waals surface area contributed by atoms with Gasteiger partial charge in [0.25, 0.3) is 0 Å². The number of alkyl halides is 1. The number of aromatic nitrogens is 1. The number of nitrogens with two attached hydrogens (primary N) is 1. The number of Topliss-reactive ketones (excluding diaryl/α,β-unsaturated/α-hetero) is 1. The molecule has 220 valence electrons. The van der Waals surface area contributed by atoms with Crippen molar-refractivity contribution < 1.29 is 23.2 Å². The van der Waals surface area contributed by atoms with Gasteiger partial charge in [0.1, 0.15) is 12.0 Å². The van der Waals surface area contributed by atoms with Crippen LogP contribution in [0.3, 0.4) is 0 Å². The van der Waals surface area contributed by atoms with E-state index in [2.05, 4.69) is 15.1 Å². The minimum Gasteiger partial charge on any atom is -0.351 e. The molecule has 3 amide bonds. The van der Waals surface area contributed by atoms with Gasteiger partial charge in [0.05, 0.1) is 28.8 Å². The molecule has 2 heterocycles. The number of hydrogen-bond acceptors (Lipinski definition) is 5. The number of benzene rings is 2. The van der Waals surface area contributed by atoms with E-state index in [1.807, 2.05) is 21.1 Å². The standard InChI is InChI=1S/C29H35ClF2N6O3/c1-35(2)10-11-36(3)15-18-12-19(27(32)22(30)13-18)8-9-26(39)25-14-20(31)16-38(25)29(41)34-23-17-37(28(33)40)24-7-5-4-6-21(23)24/h4-7,12-13,17,20,25H,8-11,14-16H2,1-3H3,(H2,33,40)(H,34,41)/t20-,25+/m1/s1. The lowest BCUT2D eigenvalue weighted by molar-refractivity contribution is -0.122. The van der Waals surface area contributed by atoms with Crippen molar-refractivity contribution >= 4 is 46.0 Å². The number of aryl methyl sites for hydroxylation is 1. The lowest BCUT2D eigenvalue weighted by Gasteiger charge is -2.23. The summed E-state index contributed by atoms with van der Waals surface area (Å²) in [5.41, 5.74) is 7.38. The number of hydrogen-bond donors (Lipinski definition) is 2. The summed E-state index contributed by atoms with van der Waals surface area (Å²) in [6.07, 6.45) is -0.157. The number of urea groups is 1. The second-order valence-electron chi connectivity index (χ2n) is 10.8. The molecule has 41 heavy (non-hydrogen) atoms. The van der Waals surface area contributed by atoms with Crippen molar-refractivity contribution in [1.29, 1.82) is 0 Å². The highest BCUT2D eigenvalue weighted by molar-refractivity contribution is 6.30. The molecule has 2 atom stereocenters. The molecule has 1 saturated heterocycles. The molecular formula is C29H35ClF2N6O3. The van der Waals surface area contributed by atoms with Crippen molar-refractivity contribution in [2.75, 3.05) is 46.1 Å². The number of para-hydroxylation sites is 1. The quantitative estimate of drug-likeness (QED) is 0.363. The fourth-order valence-corrected chi connectivity index (χ4v) is 5.39. The molecule has 0 spiro atoms. The summed E-state index contributed by atoms with van der Waals surface area (Å²) in [6, 6.07) is 7.74. The van der Waals surface area contributed by atoms with Crippen LogP contribution in [0, 0.1) is 5.82 Å². The summed E-state index contributed by atoms with van der Waals surface area (Å²) < 4.78 is 30.6. The van der Waals surface area contributed by atoms with Crippen LogP contribution in [0.2, 0.25) is 5.02 Å². The molecule has 12 heteroatoms. The first-order valence-corrected chi connectivity index (χ1v) is 13.8. The molecule has 0 saturated carbocycles. The number of halogens is 3. The highest BCUT2D eigenvalue weighted by Crippen LogP contribution is 2.29. The van der Waals surface area contributed by atoms with E-state index in [4.69, 9.17) is 17.3 Å². The van der Waals surface area contributed by atoms with Crippen LogP contribution >= 0.6 is 11.6 Å². The number of nitrogens with zero attached hydrogens (tertiary/aromatic N) is 4. The van der Waals surface area contributed by atoms with Gasteiger partial charge in [-0.2, -0.15) is 0 Å². The van der Waals surface area contributed by atoms with E-state index >= 15 is 0 Å². The fourth-order valence-electron chi connectivity index (χ4n) is 5.13. The highest BCUT2D eigenvalue weighted by Gasteiger charge is 2.39. The van der Waals surface area contributed by atoms with E-state index in [9.17, 15) is 23.2 Å². The van der Waals surface area contributed by atoms with E-state index in [0.717, 1.165) is 23.6 Å². The summed E-state index contributed by atoms with van der Waals surface area (Å²) in [4.78, 5) is 43.6. The van der Waals surface area contributed by atoms with Crippen LogP contribution in [0.1, 0.15) is 24.0 Å². The Kier molecular flexibility index (Phi) is 9.62. The van der Waals surface area contributed by atoms with Crippen LogP contribution in [0.25, 0.3) is 10.9 Å². The summed E-state index contributed by atoms with van der Waals surface area (Å²) >= 11 is 6.17. The molecule has 3 aromatic rings. The van der Waals surface area contributed by atoms with Crippen molar-refractivity contribution in [3.63, 3.8) is 0 Å². The van der Waals surface area contributed by atoms with Crippen molar-refractivity contribution in [1.82, 2.24) is 19.3 Å². The maximum atomic E-state index is 14.9. The van der Waals surface area contributed by atoms with Gasteiger partial charge in [-0.3, -0.25) is 9.36 Å². The maximum Gasteiger partial charge on any atom is 0.323 e. The van der Waals surface area contributed by atoms with Gasteiger partial charge in [0, 0.05) is 44.1 Å². The Morgan fingerprint density at radius 1 is 1.15 bits per heavy atom. The SMILES string of the molecule is CN(C)CCN(C)Cc1cc(Cl)c(F)c(CCC(=O)[C@@H]2C[C@@H](F)CN2C(=O)Nc2cn(C(N)=O)c3ccccc23)c1. The number of carbonyl (C=O) groups is 3. The second-order valence-corrected chi connectivity index (χ2v) is 11.2. The highest BCUT2D eigenvalue weighted by atomic mass is 35.5. The topological polar surface area (TPSA) is 104 Å². The van der Waals surface area contributed by atoms with E-state index in [1.165, 1.54) is 10.8 Å². The number of carbonyl (C=O) groups excluding carboxylic acids is 3. The first-order chi connectivity index (χ1) is 19.4. The zero-order valence-electron chi connectivity index (χ0n) is 23.4. The Bertz CT molecular complexity index is 1450. The van der Waals surface area contributed by atoms with E-state index in [1.54, 1.807) is 36.4 Å². The van der Waals surface area contributed by atoms with Crippen LogP contribution in [0.5, 0.6) is 0 Å². The van der Waals surface area contributed by atoms with Crippen LogP contribution in [-0.4, -0.2) is 90.1 Å². The number of amides is 3. The molecule has 2 aromatic carbocycles. The molecule has 1 fully saturated rings. The molecule has 0 aliphatic carbocycles. The van der Waals surface area contributed by atoms with Crippen molar-refractivity contribution in [3.05, 3.63) is 64.6 Å². The van der Waals surface area contributed by atoms with Crippen molar-refractivity contribution in [3.8, 4) is 0 Å². The van der Waals surface area contributed by atoms with Crippen LogP contribution in [-0.2, 0) is 17.8 Å². The zero-order valence-corrected chi connectivity index (χ0v) is 24.1. The second kappa shape index (κ2) is 13.0. The van der Waals surface area contributed by atoms with Gasteiger partial charge < -0.3 is 25.8 Å². The third-order valence-corrected chi connectivity index (χ3v) is 7.53. The van der Waals surface area contributed by atoms with Gasteiger partial charge in [-0.05, 0) is 50.8 Å². The number of nitrogens with one attached hydrogen (secondary N) is 1. The number of anilines is 1. The van der Waals surface area contributed by atoms with Crippen LogP contribution < -0.4 is 11.1 Å². The monoisotopic (exact) mass is 588 g/mol. The third kappa shape index (κ3) is 7.22. The Hall–Kier alpha value is -3.54. The van der Waals surface area contributed by atoms with Gasteiger partial charge in [-0.25, -0.2) is 18.4 Å². The molecule has 1 aromatic heterocycles.